The van der Waals surface area contributed by atoms with Crippen molar-refractivity contribution >= 4 is 33.2 Å². The fourth-order valence-corrected chi connectivity index (χ4v) is 3.51. The van der Waals surface area contributed by atoms with E-state index in [1.165, 1.54) is 0 Å². The molecule has 1 unspecified atom stereocenters. The number of nitrogens with zero attached hydrogens (tertiary/aromatic N) is 3. The van der Waals surface area contributed by atoms with Crippen molar-refractivity contribution in [1.29, 1.82) is 0 Å². The van der Waals surface area contributed by atoms with Crippen LogP contribution in [-0.4, -0.2) is 39.2 Å². The summed E-state index contributed by atoms with van der Waals surface area (Å²) in [6, 6.07) is 2.18. The maximum Gasteiger partial charge on any atom is 0.145 e. The van der Waals surface area contributed by atoms with Gasteiger partial charge in [0, 0.05) is 11.4 Å². The van der Waals surface area contributed by atoms with E-state index < -0.39 is 0 Å². The number of thiophene rings is 1. The Hall–Kier alpha value is -0.750. The maximum absolute atomic E-state index is 9.30. The molecule has 1 aliphatic heterocycles. The molecule has 1 aliphatic rings. The molecule has 0 saturated carbocycles. The van der Waals surface area contributed by atoms with Gasteiger partial charge in [0.2, 0.25) is 0 Å². The summed E-state index contributed by atoms with van der Waals surface area (Å²) in [6.45, 7) is 1.86. The lowest BCUT2D eigenvalue weighted by Crippen LogP contribution is -2.32. The summed E-state index contributed by atoms with van der Waals surface area (Å²) in [4.78, 5) is 12.0. The fourth-order valence-electron chi connectivity index (χ4n) is 2.42. The number of hydrogen-bond acceptors (Lipinski definition) is 5. The first kappa shape index (κ1) is 12.3. The molecule has 96 valence electrons. The minimum atomic E-state index is 0.203. The monoisotopic (exact) mass is 283 g/mol. The highest BCUT2D eigenvalue weighted by molar-refractivity contribution is 7.16. The van der Waals surface area contributed by atoms with E-state index >= 15 is 0 Å². The predicted octanol–water partition coefficient (Wildman–Crippen LogP) is 2.30. The molecule has 2 aromatic heterocycles. The number of aromatic nitrogens is 2. The molecule has 3 heterocycles. The largest absolute Gasteiger partial charge is 0.395 e. The van der Waals surface area contributed by atoms with Gasteiger partial charge in [-0.2, -0.15) is 0 Å². The molecule has 2 aromatic rings. The highest BCUT2D eigenvalue weighted by Gasteiger charge is 2.24. The van der Waals surface area contributed by atoms with Crippen molar-refractivity contribution < 1.29 is 5.11 Å². The van der Waals surface area contributed by atoms with Crippen molar-refractivity contribution in [3.8, 4) is 0 Å². The molecule has 1 atom stereocenters. The number of rotatable bonds is 3. The molecule has 6 heteroatoms. The minimum absolute atomic E-state index is 0.203. The fraction of sp³-hybridized carbons (Fsp3) is 0.500. The maximum atomic E-state index is 9.30. The predicted molar refractivity (Wildman–Crippen MR) is 72.9 cm³/mol. The van der Waals surface area contributed by atoms with E-state index in [9.17, 15) is 5.11 Å². The second-order valence-corrected chi connectivity index (χ2v) is 5.77. The average molecular weight is 284 g/mol. The lowest BCUT2D eigenvalue weighted by Gasteiger charge is -2.21. The third-order valence-corrected chi connectivity index (χ3v) is 4.47. The molecule has 0 radical (unpaired) electrons. The summed E-state index contributed by atoms with van der Waals surface area (Å²) < 4.78 is 0. The smallest absolute Gasteiger partial charge is 0.145 e. The Bertz CT molecular complexity index is 559. The molecule has 0 amide bonds. The van der Waals surface area contributed by atoms with Crippen LogP contribution in [0.25, 0.3) is 10.2 Å². The zero-order chi connectivity index (χ0) is 12.5. The summed E-state index contributed by atoms with van der Waals surface area (Å²) in [5, 5.41) is 12.7. The van der Waals surface area contributed by atoms with E-state index in [0.717, 1.165) is 35.4 Å². The Kier molecular flexibility index (Phi) is 3.48. The van der Waals surface area contributed by atoms with Gasteiger partial charge in [-0.15, -0.1) is 11.3 Å². The number of likely N-dealkylation sites (tertiary alicyclic amines) is 1. The van der Waals surface area contributed by atoms with Gasteiger partial charge >= 0.3 is 0 Å². The first-order valence-electron chi connectivity index (χ1n) is 6.02. The van der Waals surface area contributed by atoms with Crippen molar-refractivity contribution in [2.45, 2.75) is 25.4 Å². The number of aliphatic hydroxyl groups excluding tert-OH is 1. The molecule has 0 bridgehead atoms. The van der Waals surface area contributed by atoms with Gasteiger partial charge in [-0.05, 0) is 30.8 Å². The summed E-state index contributed by atoms with van der Waals surface area (Å²) in [5.74, 6) is 0.746. The first-order chi connectivity index (χ1) is 8.78. The van der Waals surface area contributed by atoms with Crippen LogP contribution in [0.15, 0.2) is 11.4 Å². The number of fused-ring (bicyclic) bond motifs is 1. The molecule has 0 aromatic carbocycles. The highest BCUT2D eigenvalue weighted by Crippen LogP contribution is 2.26. The Morgan fingerprint density at radius 3 is 3.22 bits per heavy atom. The normalized spacial score (nSPS) is 20.9. The van der Waals surface area contributed by atoms with Gasteiger partial charge in [-0.1, -0.05) is 11.6 Å². The molecule has 18 heavy (non-hydrogen) atoms. The van der Waals surface area contributed by atoms with E-state index in [0.29, 0.717) is 11.7 Å². The molecular weight excluding hydrogens is 270 g/mol. The van der Waals surface area contributed by atoms with Crippen LogP contribution in [-0.2, 0) is 6.54 Å². The van der Waals surface area contributed by atoms with Crippen LogP contribution in [0, 0.1) is 0 Å². The zero-order valence-corrected chi connectivity index (χ0v) is 11.4. The van der Waals surface area contributed by atoms with Crippen molar-refractivity contribution in [2.24, 2.45) is 0 Å². The topological polar surface area (TPSA) is 49.2 Å². The standard InChI is InChI=1S/C12H14ClN3OS/c13-11-9-3-5-18-12(9)15-10(14-11)6-16-4-1-2-8(16)7-17/h3,5,8,17H,1-2,4,6-7H2. The van der Waals surface area contributed by atoms with Crippen LogP contribution in [0.4, 0.5) is 0 Å². The van der Waals surface area contributed by atoms with Gasteiger partial charge in [0.15, 0.2) is 0 Å². The summed E-state index contributed by atoms with van der Waals surface area (Å²) in [5.41, 5.74) is 0. The van der Waals surface area contributed by atoms with Crippen LogP contribution in [0.3, 0.4) is 0 Å². The van der Waals surface area contributed by atoms with Gasteiger partial charge in [0.25, 0.3) is 0 Å². The second-order valence-electron chi connectivity index (χ2n) is 4.52. The molecular formula is C12H14ClN3OS. The summed E-state index contributed by atoms with van der Waals surface area (Å²) in [7, 11) is 0. The number of hydrogen-bond donors (Lipinski definition) is 1. The second kappa shape index (κ2) is 5.09. The van der Waals surface area contributed by atoms with E-state index in [2.05, 4.69) is 14.9 Å². The van der Waals surface area contributed by atoms with E-state index in [4.69, 9.17) is 11.6 Å². The average Bonchev–Trinajstić information content (AvgIpc) is 2.97. The van der Waals surface area contributed by atoms with Crippen LogP contribution >= 0.6 is 22.9 Å². The van der Waals surface area contributed by atoms with Crippen LogP contribution < -0.4 is 0 Å². The van der Waals surface area contributed by atoms with Gasteiger partial charge < -0.3 is 5.11 Å². The third-order valence-electron chi connectivity index (χ3n) is 3.38. The van der Waals surface area contributed by atoms with Gasteiger partial charge in [0.05, 0.1) is 13.2 Å². The summed E-state index contributed by atoms with van der Waals surface area (Å²) >= 11 is 7.72. The van der Waals surface area contributed by atoms with Crippen LogP contribution in [0.5, 0.6) is 0 Å². The zero-order valence-electron chi connectivity index (χ0n) is 9.84. The number of aliphatic hydroxyl groups is 1. The van der Waals surface area contributed by atoms with Crippen LogP contribution in [0.2, 0.25) is 5.15 Å². The Labute approximate surface area is 114 Å². The lowest BCUT2D eigenvalue weighted by atomic mass is 10.2. The quantitative estimate of drug-likeness (QED) is 0.878. The minimum Gasteiger partial charge on any atom is -0.395 e. The van der Waals surface area contributed by atoms with Crippen LogP contribution in [0.1, 0.15) is 18.7 Å². The molecule has 1 N–H and O–H groups in total. The molecule has 0 aliphatic carbocycles. The first-order valence-corrected chi connectivity index (χ1v) is 7.28. The van der Waals surface area contributed by atoms with Gasteiger partial charge in [0.1, 0.15) is 15.8 Å². The third kappa shape index (κ3) is 2.23. The Morgan fingerprint density at radius 2 is 2.39 bits per heavy atom. The highest BCUT2D eigenvalue weighted by atomic mass is 35.5. The molecule has 4 nitrogen and oxygen atoms in total. The number of halogens is 1. The Balaban J connectivity index is 1.86. The van der Waals surface area contributed by atoms with Gasteiger partial charge in [-0.3, -0.25) is 4.90 Å². The van der Waals surface area contributed by atoms with Gasteiger partial charge in [-0.25, -0.2) is 9.97 Å². The van der Waals surface area contributed by atoms with E-state index in [-0.39, 0.29) is 12.6 Å². The molecule has 1 fully saturated rings. The van der Waals surface area contributed by atoms with Crippen molar-refractivity contribution in [1.82, 2.24) is 14.9 Å². The van der Waals surface area contributed by atoms with Crippen molar-refractivity contribution in [3.05, 3.63) is 22.4 Å². The molecule has 3 rings (SSSR count). The van der Waals surface area contributed by atoms with E-state index in [1.54, 1.807) is 11.3 Å². The lowest BCUT2D eigenvalue weighted by molar-refractivity contribution is 0.151. The molecule has 0 spiro atoms. The summed E-state index contributed by atoms with van der Waals surface area (Å²) in [6.07, 6.45) is 2.17. The van der Waals surface area contributed by atoms with E-state index in [1.807, 2.05) is 11.4 Å². The SMILES string of the molecule is OCC1CCCN1Cc1nc(Cl)c2ccsc2n1. The van der Waals surface area contributed by atoms with Crippen molar-refractivity contribution in [3.63, 3.8) is 0 Å². The molecule has 1 saturated heterocycles. The Morgan fingerprint density at radius 1 is 1.50 bits per heavy atom. The van der Waals surface area contributed by atoms with Crippen molar-refractivity contribution in [2.75, 3.05) is 13.2 Å².